The second kappa shape index (κ2) is 11.5. The molecule has 1 atom stereocenters. The van der Waals surface area contributed by atoms with Crippen LogP contribution in [0, 0.1) is 0 Å². The van der Waals surface area contributed by atoms with Gasteiger partial charge in [-0.25, -0.2) is 0 Å². The van der Waals surface area contributed by atoms with Crippen molar-refractivity contribution in [3.05, 3.63) is 103 Å². The third-order valence-corrected chi connectivity index (χ3v) is 6.71. The number of benzene rings is 3. The molecule has 0 radical (unpaired) electrons. The van der Waals surface area contributed by atoms with Crippen molar-refractivity contribution in [3.8, 4) is 17.1 Å². The Morgan fingerprint density at radius 3 is 2.53 bits per heavy atom. The number of allylic oxidation sites excluding steroid dienone is 1. The Hall–Kier alpha value is -4.17. The lowest BCUT2D eigenvalue weighted by molar-refractivity contribution is -0.115. The molecule has 0 aliphatic heterocycles. The lowest BCUT2D eigenvalue weighted by Crippen LogP contribution is -2.20. The van der Waals surface area contributed by atoms with Crippen molar-refractivity contribution in [1.82, 2.24) is 14.8 Å². The van der Waals surface area contributed by atoms with Crippen molar-refractivity contribution >= 4 is 29.1 Å². The van der Waals surface area contributed by atoms with Crippen LogP contribution in [-0.2, 0) is 11.3 Å². The fourth-order valence-electron chi connectivity index (χ4n) is 3.73. The number of nitrogens with one attached hydrogen (secondary N) is 1. The van der Waals surface area contributed by atoms with Gasteiger partial charge in [0.2, 0.25) is 5.91 Å². The summed E-state index contributed by atoms with van der Waals surface area (Å²) in [4.78, 5) is 25.3. The van der Waals surface area contributed by atoms with E-state index >= 15 is 0 Å². The largest absolute Gasteiger partial charge is 0.496 e. The average molecular weight is 499 g/mol. The molecule has 1 aromatic heterocycles. The Balaban J connectivity index is 1.70. The smallest absolute Gasteiger partial charge is 0.242 e. The second-order valence-corrected chi connectivity index (χ2v) is 9.01. The van der Waals surface area contributed by atoms with Gasteiger partial charge in [-0.1, -0.05) is 72.4 Å². The molecule has 36 heavy (non-hydrogen) atoms. The molecule has 1 amide bonds. The molecule has 182 valence electrons. The Labute approximate surface area is 214 Å². The fraction of sp³-hybridized carbons (Fsp3) is 0.143. The molecule has 4 aromatic rings. The highest BCUT2D eigenvalue weighted by Gasteiger charge is 2.26. The van der Waals surface area contributed by atoms with E-state index in [4.69, 9.17) is 4.74 Å². The number of ketones is 1. The maximum absolute atomic E-state index is 13.5. The lowest BCUT2D eigenvalue weighted by atomic mass is 10.1. The molecule has 4 rings (SSSR count). The first kappa shape index (κ1) is 24.9. The number of anilines is 1. The number of rotatable bonds is 10. The molecular formula is C28H26N4O3S. The number of aromatic nitrogens is 3. The Morgan fingerprint density at radius 2 is 1.81 bits per heavy atom. The van der Waals surface area contributed by atoms with Gasteiger partial charge in [-0.05, 0) is 36.8 Å². The molecule has 0 bridgehead atoms. The van der Waals surface area contributed by atoms with Crippen LogP contribution in [0.2, 0.25) is 0 Å². The van der Waals surface area contributed by atoms with Crippen LogP contribution in [0.15, 0.2) is 96.7 Å². The highest BCUT2D eigenvalue weighted by atomic mass is 32.2. The highest BCUT2D eigenvalue weighted by molar-refractivity contribution is 8.00. The first-order valence-corrected chi connectivity index (χ1v) is 12.2. The Morgan fingerprint density at radius 1 is 1.06 bits per heavy atom. The fourth-order valence-corrected chi connectivity index (χ4v) is 4.77. The number of hydrogen-bond acceptors (Lipinski definition) is 6. The van der Waals surface area contributed by atoms with Gasteiger partial charge in [0.05, 0.1) is 12.7 Å². The Bertz CT molecular complexity index is 1380. The summed E-state index contributed by atoms with van der Waals surface area (Å²) in [5.74, 6) is 0.992. The molecule has 0 fully saturated rings. The summed E-state index contributed by atoms with van der Waals surface area (Å²) in [5.41, 5.74) is 2.69. The van der Waals surface area contributed by atoms with Crippen molar-refractivity contribution in [2.75, 3.05) is 12.4 Å². The quantitative estimate of drug-likeness (QED) is 0.169. The maximum atomic E-state index is 13.5. The van der Waals surface area contributed by atoms with Gasteiger partial charge in [0.15, 0.2) is 16.8 Å². The van der Waals surface area contributed by atoms with E-state index in [9.17, 15) is 9.59 Å². The first-order valence-electron chi connectivity index (χ1n) is 11.3. The van der Waals surface area contributed by atoms with Crippen LogP contribution < -0.4 is 10.1 Å². The number of carbonyl (C=O) groups is 2. The normalized spacial score (nSPS) is 11.5. The molecule has 1 heterocycles. The number of amides is 1. The van der Waals surface area contributed by atoms with Crippen molar-refractivity contribution in [1.29, 1.82) is 0 Å². The van der Waals surface area contributed by atoms with Gasteiger partial charge in [0, 0.05) is 17.8 Å². The minimum atomic E-state index is -0.620. The van der Waals surface area contributed by atoms with Gasteiger partial charge in [-0.2, -0.15) is 0 Å². The van der Waals surface area contributed by atoms with Crippen molar-refractivity contribution < 1.29 is 14.3 Å². The van der Waals surface area contributed by atoms with E-state index in [1.165, 1.54) is 18.7 Å². The first-order chi connectivity index (χ1) is 17.5. The van der Waals surface area contributed by atoms with E-state index in [1.807, 2.05) is 59.2 Å². The highest BCUT2D eigenvalue weighted by Crippen LogP contribution is 2.38. The molecular weight excluding hydrogens is 472 g/mol. The SMILES string of the molecule is C=CCn1c(S[C@H](C(=O)Nc2cccc(C(C)=O)c2)c2ccccc2)nnc1-c1ccccc1OC. The predicted molar refractivity (Wildman–Crippen MR) is 142 cm³/mol. The summed E-state index contributed by atoms with van der Waals surface area (Å²) < 4.78 is 7.43. The standard InChI is InChI=1S/C28H26N4O3S/c1-4-17-32-26(23-15-8-9-16-24(23)35-3)30-31-28(32)36-25(20-11-6-5-7-12-20)27(34)29-22-14-10-13-21(18-22)19(2)33/h4-16,18,25H,1,17H2,2-3H3,(H,29,34)/t25-/m0/s1. The van der Waals surface area contributed by atoms with Gasteiger partial charge in [0.1, 0.15) is 11.0 Å². The molecule has 0 unspecified atom stereocenters. The summed E-state index contributed by atoms with van der Waals surface area (Å²) in [6.45, 7) is 5.83. The number of nitrogens with zero attached hydrogens (tertiary/aromatic N) is 3. The topological polar surface area (TPSA) is 86.1 Å². The van der Waals surface area contributed by atoms with E-state index in [2.05, 4.69) is 22.1 Å². The summed E-state index contributed by atoms with van der Waals surface area (Å²) in [6.07, 6.45) is 1.76. The van der Waals surface area contributed by atoms with Gasteiger partial charge >= 0.3 is 0 Å². The van der Waals surface area contributed by atoms with Crippen LogP contribution in [0.5, 0.6) is 5.75 Å². The van der Waals surface area contributed by atoms with Crippen LogP contribution in [0.3, 0.4) is 0 Å². The molecule has 0 saturated carbocycles. The minimum Gasteiger partial charge on any atom is -0.496 e. The van der Waals surface area contributed by atoms with E-state index in [0.29, 0.717) is 34.5 Å². The predicted octanol–water partition coefficient (Wildman–Crippen LogP) is 5.81. The average Bonchev–Trinajstić information content (AvgIpc) is 3.29. The second-order valence-electron chi connectivity index (χ2n) is 7.94. The van der Waals surface area contributed by atoms with E-state index in [0.717, 1.165) is 11.1 Å². The monoisotopic (exact) mass is 498 g/mol. The summed E-state index contributed by atoms with van der Waals surface area (Å²) in [5, 5.41) is 11.8. The van der Waals surface area contributed by atoms with Gasteiger partial charge in [-0.3, -0.25) is 14.2 Å². The van der Waals surface area contributed by atoms with Crippen LogP contribution in [0.4, 0.5) is 5.69 Å². The third kappa shape index (κ3) is 5.55. The van der Waals surface area contributed by atoms with Crippen LogP contribution in [0.1, 0.15) is 28.1 Å². The molecule has 1 N–H and O–H groups in total. The number of hydrogen-bond donors (Lipinski definition) is 1. The molecule has 0 aliphatic rings. The molecule has 0 spiro atoms. The molecule has 8 heteroatoms. The lowest BCUT2D eigenvalue weighted by Gasteiger charge is -2.18. The third-order valence-electron chi connectivity index (χ3n) is 5.48. The van der Waals surface area contributed by atoms with Crippen molar-refractivity contribution in [2.24, 2.45) is 0 Å². The van der Waals surface area contributed by atoms with E-state index in [-0.39, 0.29) is 11.7 Å². The van der Waals surface area contributed by atoms with Gasteiger partial charge in [-0.15, -0.1) is 16.8 Å². The maximum Gasteiger partial charge on any atom is 0.242 e. The Kier molecular flexibility index (Phi) is 7.97. The number of methoxy groups -OCH3 is 1. The van der Waals surface area contributed by atoms with Crippen LogP contribution in [-0.4, -0.2) is 33.6 Å². The summed E-state index contributed by atoms with van der Waals surface area (Å²) >= 11 is 1.30. The molecule has 0 saturated heterocycles. The molecule has 0 aliphatic carbocycles. The summed E-state index contributed by atoms with van der Waals surface area (Å²) in [6, 6.07) is 24.0. The summed E-state index contributed by atoms with van der Waals surface area (Å²) in [7, 11) is 1.61. The van der Waals surface area contributed by atoms with Crippen LogP contribution >= 0.6 is 11.8 Å². The number of thioether (sulfide) groups is 1. The minimum absolute atomic E-state index is 0.0681. The van der Waals surface area contributed by atoms with Crippen LogP contribution in [0.25, 0.3) is 11.4 Å². The number of carbonyl (C=O) groups excluding carboxylic acids is 2. The zero-order chi connectivity index (χ0) is 25.5. The molecule has 7 nitrogen and oxygen atoms in total. The zero-order valence-electron chi connectivity index (χ0n) is 20.0. The van der Waals surface area contributed by atoms with Crippen molar-refractivity contribution in [2.45, 2.75) is 23.9 Å². The molecule has 3 aromatic carbocycles. The number of ether oxygens (including phenoxy) is 1. The van der Waals surface area contributed by atoms with E-state index < -0.39 is 5.25 Å². The number of para-hydroxylation sites is 1. The van der Waals surface area contributed by atoms with Gasteiger partial charge < -0.3 is 10.1 Å². The number of Topliss-reactive ketones (excluding diaryl/α,β-unsaturated/α-hetero) is 1. The zero-order valence-corrected chi connectivity index (χ0v) is 20.9. The van der Waals surface area contributed by atoms with E-state index in [1.54, 1.807) is 37.5 Å². The van der Waals surface area contributed by atoms with Crippen molar-refractivity contribution in [3.63, 3.8) is 0 Å². The van der Waals surface area contributed by atoms with Gasteiger partial charge in [0.25, 0.3) is 0 Å².